The van der Waals surface area contributed by atoms with Crippen molar-refractivity contribution in [2.24, 2.45) is 0 Å². The highest BCUT2D eigenvalue weighted by molar-refractivity contribution is 7.79. The lowest BCUT2D eigenvalue weighted by molar-refractivity contribution is 1.00. The van der Waals surface area contributed by atoms with Gasteiger partial charge in [-0.25, -0.2) is 9.97 Å². The molecule has 0 spiro atoms. The van der Waals surface area contributed by atoms with Gasteiger partial charge in [0.15, 0.2) is 0 Å². The fraction of sp³-hybridized carbons (Fsp3) is 0.167. The van der Waals surface area contributed by atoms with Gasteiger partial charge in [0.1, 0.15) is 5.82 Å². The van der Waals surface area contributed by atoms with Crippen LogP contribution in [0.1, 0.15) is 11.5 Å². The van der Waals surface area contributed by atoms with E-state index in [1.807, 2.05) is 37.3 Å². The summed E-state index contributed by atoms with van der Waals surface area (Å²) in [5.74, 6) is 1.29. The Morgan fingerprint density at radius 1 is 1.19 bits per heavy atom. The minimum Gasteiger partial charge on any atom is -0.237 e. The van der Waals surface area contributed by atoms with Crippen LogP contribution in [0.2, 0.25) is 5.02 Å². The van der Waals surface area contributed by atoms with E-state index in [1.165, 1.54) is 0 Å². The molecule has 0 bridgehead atoms. The summed E-state index contributed by atoms with van der Waals surface area (Å²) in [4.78, 5) is 8.70. The minimum atomic E-state index is 0.544. The van der Waals surface area contributed by atoms with Gasteiger partial charge in [0.05, 0.1) is 11.4 Å². The van der Waals surface area contributed by atoms with Crippen LogP contribution in [0, 0.1) is 6.92 Å². The SMILES string of the molecule is Cc1cc(-c2ccc(Cl)cc2)nc(CS)n1. The molecule has 0 radical (unpaired) electrons. The van der Waals surface area contributed by atoms with Crippen LogP contribution in [-0.2, 0) is 5.75 Å². The van der Waals surface area contributed by atoms with E-state index in [0.29, 0.717) is 5.75 Å². The molecule has 0 amide bonds. The van der Waals surface area contributed by atoms with Crippen molar-refractivity contribution in [3.8, 4) is 11.3 Å². The molecule has 16 heavy (non-hydrogen) atoms. The van der Waals surface area contributed by atoms with Crippen molar-refractivity contribution in [2.75, 3.05) is 0 Å². The molecule has 82 valence electrons. The summed E-state index contributed by atoms with van der Waals surface area (Å²) >= 11 is 10.0. The second-order valence-electron chi connectivity index (χ2n) is 3.48. The van der Waals surface area contributed by atoms with Crippen molar-refractivity contribution in [3.05, 3.63) is 46.9 Å². The number of halogens is 1. The zero-order valence-corrected chi connectivity index (χ0v) is 10.5. The van der Waals surface area contributed by atoms with Crippen LogP contribution in [0.4, 0.5) is 0 Å². The Bertz CT molecular complexity index is 497. The van der Waals surface area contributed by atoms with Crippen molar-refractivity contribution >= 4 is 24.2 Å². The van der Waals surface area contributed by atoms with Gasteiger partial charge in [-0.3, -0.25) is 0 Å². The van der Waals surface area contributed by atoms with Gasteiger partial charge in [-0.15, -0.1) is 0 Å². The molecule has 2 aromatic rings. The van der Waals surface area contributed by atoms with E-state index < -0.39 is 0 Å². The molecule has 1 heterocycles. The molecule has 4 heteroatoms. The molecule has 0 aliphatic rings. The predicted octanol–water partition coefficient (Wildman–Crippen LogP) is 3.54. The van der Waals surface area contributed by atoms with E-state index >= 15 is 0 Å². The molecule has 0 N–H and O–H groups in total. The molecule has 2 nitrogen and oxygen atoms in total. The highest BCUT2D eigenvalue weighted by atomic mass is 35.5. The third kappa shape index (κ3) is 2.54. The summed E-state index contributed by atoms with van der Waals surface area (Å²) in [6.07, 6.45) is 0. The molecule has 1 aromatic heterocycles. The van der Waals surface area contributed by atoms with Crippen LogP contribution < -0.4 is 0 Å². The molecule has 0 fully saturated rings. The summed E-state index contributed by atoms with van der Waals surface area (Å²) in [5, 5.41) is 0.726. The smallest absolute Gasteiger partial charge is 0.138 e. The van der Waals surface area contributed by atoms with Crippen LogP contribution in [-0.4, -0.2) is 9.97 Å². The molecule has 0 unspecified atom stereocenters. The lowest BCUT2D eigenvalue weighted by Gasteiger charge is -2.04. The number of hydrogen-bond acceptors (Lipinski definition) is 3. The lowest BCUT2D eigenvalue weighted by atomic mass is 10.1. The molecule has 1 aromatic carbocycles. The molecular formula is C12H11ClN2S. The van der Waals surface area contributed by atoms with Crippen molar-refractivity contribution in [1.29, 1.82) is 0 Å². The third-order valence-corrected chi connectivity index (χ3v) is 2.72. The van der Waals surface area contributed by atoms with Gasteiger partial charge < -0.3 is 0 Å². The number of hydrogen-bond donors (Lipinski definition) is 1. The summed E-state index contributed by atoms with van der Waals surface area (Å²) in [5.41, 5.74) is 2.90. The van der Waals surface area contributed by atoms with Crippen molar-refractivity contribution < 1.29 is 0 Å². The molecular weight excluding hydrogens is 240 g/mol. The third-order valence-electron chi connectivity index (χ3n) is 2.18. The molecule has 0 aliphatic heterocycles. The van der Waals surface area contributed by atoms with Crippen molar-refractivity contribution in [1.82, 2.24) is 9.97 Å². The van der Waals surface area contributed by atoms with Crippen LogP contribution in [0.5, 0.6) is 0 Å². The zero-order chi connectivity index (χ0) is 11.5. The second kappa shape index (κ2) is 4.85. The lowest BCUT2D eigenvalue weighted by Crippen LogP contribution is -1.96. The second-order valence-corrected chi connectivity index (χ2v) is 4.23. The average molecular weight is 251 g/mol. The molecule has 2 rings (SSSR count). The number of benzene rings is 1. The van der Waals surface area contributed by atoms with Gasteiger partial charge in [0.25, 0.3) is 0 Å². The Morgan fingerprint density at radius 3 is 2.50 bits per heavy atom. The quantitative estimate of drug-likeness (QED) is 0.825. The maximum Gasteiger partial charge on any atom is 0.138 e. The minimum absolute atomic E-state index is 0.544. The average Bonchev–Trinajstić information content (AvgIpc) is 2.29. The predicted molar refractivity (Wildman–Crippen MR) is 69.9 cm³/mol. The molecule has 0 saturated carbocycles. The maximum absolute atomic E-state index is 5.84. The highest BCUT2D eigenvalue weighted by Crippen LogP contribution is 2.20. The fourth-order valence-corrected chi connectivity index (χ4v) is 1.74. The summed E-state index contributed by atoms with van der Waals surface area (Å²) in [6, 6.07) is 9.57. The van der Waals surface area contributed by atoms with E-state index in [9.17, 15) is 0 Å². The van der Waals surface area contributed by atoms with E-state index in [4.69, 9.17) is 11.6 Å². The van der Waals surface area contributed by atoms with Gasteiger partial charge in [-0.2, -0.15) is 12.6 Å². The monoisotopic (exact) mass is 250 g/mol. The van der Waals surface area contributed by atoms with Gasteiger partial charge in [-0.05, 0) is 25.1 Å². The van der Waals surface area contributed by atoms with E-state index in [2.05, 4.69) is 22.6 Å². The summed E-state index contributed by atoms with van der Waals surface area (Å²) in [6.45, 7) is 1.95. The maximum atomic E-state index is 5.84. The largest absolute Gasteiger partial charge is 0.237 e. The van der Waals surface area contributed by atoms with Crippen LogP contribution in [0.25, 0.3) is 11.3 Å². The normalized spacial score (nSPS) is 10.4. The Balaban J connectivity index is 2.47. The number of thiol groups is 1. The first-order valence-electron chi connectivity index (χ1n) is 4.90. The van der Waals surface area contributed by atoms with Gasteiger partial charge in [0.2, 0.25) is 0 Å². The van der Waals surface area contributed by atoms with Crippen molar-refractivity contribution in [2.45, 2.75) is 12.7 Å². The number of nitrogens with zero attached hydrogens (tertiary/aromatic N) is 2. The van der Waals surface area contributed by atoms with Crippen LogP contribution >= 0.6 is 24.2 Å². The fourth-order valence-electron chi connectivity index (χ4n) is 1.47. The number of rotatable bonds is 2. The first-order chi connectivity index (χ1) is 7.69. The highest BCUT2D eigenvalue weighted by Gasteiger charge is 2.03. The van der Waals surface area contributed by atoms with Crippen molar-refractivity contribution in [3.63, 3.8) is 0 Å². The molecule has 0 atom stereocenters. The topological polar surface area (TPSA) is 25.8 Å². The zero-order valence-electron chi connectivity index (χ0n) is 8.81. The standard InChI is InChI=1S/C12H11ClN2S/c1-8-6-11(15-12(7-16)14-8)9-2-4-10(13)5-3-9/h2-6,16H,7H2,1H3. The molecule has 0 aliphatic carbocycles. The van der Waals surface area contributed by atoms with E-state index in [0.717, 1.165) is 27.8 Å². The van der Waals surface area contributed by atoms with E-state index in [-0.39, 0.29) is 0 Å². The Hall–Kier alpha value is -1.06. The Morgan fingerprint density at radius 2 is 1.88 bits per heavy atom. The van der Waals surface area contributed by atoms with Crippen LogP contribution in [0.3, 0.4) is 0 Å². The number of aromatic nitrogens is 2. The van der Waals surface area contributed by atoms with Gasteiger partial charge >= 0.3 is 0 Å². The first-order valence-corrected chi connectivity index (χ1v) is 5.91. The first kappa shape index (κ1) is 11.4. The Labute approximate surface area is 105 Å². The van der Waals surface area contributed by atoms with Gasteiger partial charge in [-0.1, -0.05) is 23.7 Å². The van der Waals surface area contributed by atoms with E-state index in [1.54, 1.807) is 0 Å². The summed E-state index contributed by atoms with van der Waals surface area (Å²) in [7, 11) is 0. The van der Waals surface area contributed by atoms with Crippen LogP contribution in [0.15, 0.2) is 30.3 Å². The summed E-state index contributed by atoms with van der Waals surface area (Å²) < 4.78 is 0. The Kier molecular flexibility index (Phi) is 3.46. The number of aryl methyl sites for hydroxylation is 1. The van der Waals surface area contributed by atoms with Gasteiger partial charge in [0, 0.05) is 16.3 Å². The molecule has 0 saturated heterocycles.